The third-order valence-electron chi connectivity index (χ3n) is 5.35. The Hall–Kier alpha value is -0.480. The minimum atomic E-state index is -2.57. The summed E-state index contributed by atoms with van der Waals surface area (Å²) in [6.45, 7) is 2.22. The highest BCUT2D eigenvalue weighted by molar-refractivity contribution is 8.18. The lowest BCUT2D eigenvalue weighted by atomic mass is 9.78. The van der Waals surface area contributed by atoms with Gasteiger partial charge >= 0.3 is 4.59 Å². The van der Waals surface area contributed by atoms with Crippen LogP contribution in [-0.4, -0.2) is 16.1 Å². The maximum atomic E-state index is 13.1. The molecule has 0 unspecified atom stereocenters. The van der Waals surface area contributed by atoms with Crippen molar-refractivity contribution in [2.45, 2.75) is 56.0 Å². The summed E-state index contributed by atoms with van der Waals surface area (Å²) in [5, 5.41) is 0. The maximum absolute atomic E-state index is 13.1. The quantitative estimate of drug-likeness (QED) is 0.497. The Morgan fingerprint density at radius 1 is 0.960 bits per heavy atom. The smallest absolute Gasteiger partial charge is 0.182 e. The van der Waals surface area contributed by atoms with E-state index in [2.05, 4.69) is 43.3 Å². The fraction of sp³-hybridized carbons (Fsp3) is 0.619. The Morgan fingerprint density at radius 3 is 2.16 bits per heavy atom. The number of thioether (sulfide) groups is 2. The van der Waals surface area contributed by atoms with Gasteiger partial charge in [0.2, 0.25) is 0 Å². The van der Waals surface area contributed by atoms with Gasteiger partial charge in [0, 0.05) is 11.5 Å². The van der Waals surface area contributed by atoms with Crippen LogP contribution >= 0.6 is 23.5 Å². The van der Waals surface area contributed by atoms with Crippen molar-refractivity contribution in [3.8, 4) is 0 Å². The summed E-state index contributed by atoms with van der Waals surface area (Å²) in [5.74, 6) is 2.73. The van der Waals surface area contributed by atoms with Crippen molar-refractivity contribution in [3.05, 3.63) is 47.5 Å². The molecule has 1 saturated carbocycles. The van der Waals surface area contributed by atoms with Crippen LogP contribution in [0.25, 0.3) is 0 Å². The van der Waals surface area contributed by atoms with Gasteiger partial charge in [0.15, 0.2) is 0 Å². The van der Waals surface area contributed by atoms with Crippen LogP contribution in [0.1, 0.15) is 56.1 Å². The molecular weight excluding hydrogens is 354 g/mol. The van der Waals surface area contributed by atoms with Crippen LogP contribution < -0.4 is 0 Å². The zero-order valence-electron chi connectivity index (χ0n) is 14.9. The zero-order chi connectivity index (χ0) is 17.7. The van der Waals surface area contributed by atoms with Gasteiger partial charge in [0.05, 0.1) is 0 Å². The van der Waals surface area contributed by atoms with Crippen molar-refractivity contribution in [1.82, 2.24) is 0 Å². The second kappa shape index (κ2) is 8.94. The summed E-state index contributed by atoms with van der Waals surface area (Å²) in [4.78, 5) is 0. The number of halogens is 2. The molecule has 4 heteroatoms. The van der Waals surface area contributed by atoms with Crippen molar-refractivity contribution in [3.63, 3.8) is 0 Å². The Kier molecular flexibility index (Phi) is 6.90. The number of rotatable bonds is 5. The second-order valence-electron chi connectivity index (χ2n) is 7.33. The van der Waals surface area contributed by atoms with E-state index in [0.717, 1.165) is 23.5 Å². The van der Waals surface area contributed by atoms with E-state index in [0.29, 0.717) is 29.3 Å². The maximum Gasteiger partial charge on any atom is 0.341 e. The zero-order valence-corrected chi connectivity index (χ0v) is 16.6. The normalized spacial score (nSPS) is 27.6. The van der Waals surface area contributed by atoms with Crippen molar-refractivity contribution in [2.24, 2.45) is 11.8 Å². The van der Waals surface area contributed by atoms with E-state index in [1.807, 2.05) is 0 Å². The standard InChI is InChI=1S/C21H28F2S2/c1-2-3-16-6-10-19(11-7-16)20-12-8-17(9-13-20)4-5-18-14-24-21(22,23)25-15-18/h4-7,10-11,17-18,20H,2-3,8-9,12-15H2,1H3/b5-4+. The Labute approximate surface area is 159 Å². The van der Waals surface area contributed by atoms with E-state index < -0.39 is 4.59 Å². The van der Waals surface area contributed by atoms with Gasteiger partial charge in [-0.2, -0.15) is 8.78 Å². The van der Waals surface area contributed by atoms with E-state index >= 15 is 0 Å². The number of hydrogen-bond acceptors (Lipinski definition) is 2. The highest BCUT2D eigenvalue weighted by Crippen LogP contribution is 2.46. The monoisotopic (exact) mass is 382 g/mol. The molecular formula is C21H28F2S2. The van der Waals surface area contributed by atoms with Gasteiger partial charge in [-0.1, -0.05) is 73.3 Å². The molecule has 0 amide bonds. The number of hydrogen-bond donors (Lipinski definition) is 0. The molecule has 1 saturated heterocycles. The van der Waals surface area contributed by atoms with E-state index in [4.69, 9.17) is 0 Å². The van der Waals surface area contributed by atoms with Crippen LogP contribution in [-0.2, 0) is 6.42 Å². The first-order valence-electron chi connectivity index (χ1n) is 9.48. The first-order chi connectivity index (χ1) is 12.1. The lowest BCUT2D eigenvalue weighted by Gasteiger charge is -2.28. The van der Waals surface area contributed by atoms with Crippen molar-refractivity contribution in [1.29, 1.82) is 0 Å². The molecule has 0 aromatic heterocycles. The average Bonchev–Trinajstić information content (AvgIpc) is 2.62. The third kappa shape index (κ3) is 5.75. The Balaban J connectivity index is 1.44. The van der Waals surface area contributed by atoms with E-state index in [1.165, 1.54) is 49.7 Å². The Morgan fingerprint density at radius 2 is 1.56 bits per heavy atom. The molecule has 0 spiro atoms. The lowest BCUT2D eigenvalue weighted by Crippen LogP contribution is -2.20. The van der Waals surface area contributed by atoms with Crippen molar-refractivity contribution >= 4 is 23.5 Å². The van der Waals surface area contributed by atoms with Gasteiger partial charge in [-0.05, 0) is 61.0 Å². The van der Waals surface area contributed by atoms with Crippen molar-refractivity contribution < 1.29 is 8.78 Å². The summed E-state index contributed by atoms with van der Waals surface area (Å²) in [6, 6.07) is 9.23. The first-order valence-corrected chi connectivity index (χ1v) is 11.5. The predicted octanol–water partition coefficient (Wildman–Crippen LogP) is 7.12. The highest BCUT2D eigenvalue weighted by Gasteiger charge is 2.36. The molecule has 0 bridgehead atoms. The lowest BCUT2D eigenvalue weighted by molar-refractivity contribution is 0.210. The largest absolute Gasteiger partial charge is 0.341 e. The minimum Gasteiger partial charge on any atom is -0.182 e. The molecule has 1 heterocycles. The predicted molar refractivity (Wildman–Crippen MR) is 108 cm³/mol. The van der Waals surface area contributed by atoms with Crippen LogP contribution in [0.15, 0.2) is 36.4 Å². The number of benzene rings is 1. The van der Waals surface area contributed by atoms with E-state index in [1.54, 1.807) is 0 Å². The summed E-state index contributed by atoms with van der Waals surface area (Å²) in [5.41, 5.74) is 2.93. The number of aryl methyl sites for hydroxylation is 1. The van der Waals surface area contributed by atoms with Gasteiger partial charge < -0.3 is 0 Å². The molecule has 3 rings (SSSR count). The van der Waals surface area contributed by atoms with Crippen molar-refractivity contribution in [2.75, 3.05) is 11.5 Å². The van der Waals surface area contributed by atoms with Gasteiger partial charge in [0.1, 0.15) is 0 Å². The van der Waals surface area contributed by atoms with Crippen LogP contribution in [0.2, 0.25) is 0 Å². The van der Waals surface area contributed by atoms with E-state index in [-0.39, 0.29) is 0 Å². The first kappa shape index (κ1) is 19.3. The Bertz CT molecular complexity index is 550. The number of alkyl halides is 2. The molecule has 138 valence electrons. The summed E-state index contributed by atoms with van der Waals surface area (Å²) >= 11 is 1.59. The SMILES string of the molecule is CCCc1ccc(C2CCC(/C=C/C3CSC(F)(F)SC3)CC2)cc1. The minimum absolute atomic E-state index is 0.304. The third-order valence-corrected chi connectivity index (χ3v) is 7.92. The molecule has 25 heavy (non-hydrogen) atoms. The molecule has 1 aromatic carbocycles. The molecule has 0 atom stereocenters. The van der Waals surface area contributed by atoms with Gasteiger partial charge in [0.25, 0.3) is 0 Å². The molecule has 0 N–H and O–H groups in total. The molecule has 1 aromatic rings. The summed E-state index contributed by atoms with van der Waals surface area (Å²) in [7, 11) is 0. The topological polar surface area (TPSA) is 0 Å². The fourth-order valence-electron chi connectivity index (χ4n) is 3.81. The molecule has 0 radical (unpaired) electrons. The average molecular weight is 383 g/mol. The van der Waals surface area contributed by atoms with Crippen LogP contribution in [0.5, 0.6) is 0 Å². The van der Waals surface area contributed by atoms with Crippen LogP contribution in [0, 0.1) is 11.8 Å². The molecule has 2 aliphatic rings. The van der Waals surface area contributed by atoms with Gasteiger partial charge in [-0.15, -0.1) is 0 Å². The molecule has 1 aliphatic carbocycles. The second-order valence-corrected chi connectivity index (χ2v) is 9.86. The van der Waals surface area contributed by atoms with Gasteiger partial charge in [-0.25, -0.2) is 0 Å². The summed E-state index contributed by atoms with van der Waals surface area (Å²) < 4.78 is 23.7. The number of allylic oxidation sites excluding steroid dienone is 2. The van der Waals surface area contributed by atoms with Gasteiger partial charge in [-0.3, -0.25) is 0 Å². The molecule has 2 fully saturated rings. The van der Waals surface area contributed by atoms with E-state index in [9.17, 15) is 8.78 Å². The highest BCUT2D eigenvalue weighted by atomic mass is 32.2. The van der Waals surface area contributed by atoms with Crippen LogP contribution in [0.3, 0.4) is 0 Å². The molecule has 1 aliphatic heterocycles. The summed E-state index contributed by atoms with van der Waals surface area (Å²) in [6.07, 6.45) is 11.8. The van der Waals surface area contributed by atoms with Crippen LogP contribution in [0.4, 0.5) is 8.78 Å². The molecule has 0 nitrogen and oxygen atoms in total. The fourth-order valence-corrected chi connectivity index (χ4v) is 5.98.